The lowest BCUT2D eigenvalue weighted by Crippen LogP contribution is -2.48. The number of unbranched alkanes of at least 4 members (excludes halogenated alkanes) is 1. The van der Waals surface area contributed by atoms with Gasteiger partial charge >= 0.3 is 0 Å². The fourth-order valence-electron chi connectivity index (χ4n) is 2.05. The summed E-state index contributed by atoms with van der Waals surface area (Å²) >= 11 is 6.71. The van der Waals surface area contributed by atoms with E-state index in [1.165, 1.54) is 19.3 Å². The minimum Gasteiger partial charge on any atom is -0.361 e. The Hall–Kier alpha value is -1.21. The predicted molar refractivity (Wildman–Crippen MR) is 95.7 cm³/mol. The van der Waals surface area contributed by atoms with Crippen LogP contribution in [0.2, 0.25) is 0 Å². The molecule has 1 amide bonds. The van der Waals surface area contributed by atoms with Gasteiger partial charge in [-0.05, 0) is 31.5 Å². The van der Waals surface area contributed by atoms with Crippen molar-refractivity contribution in [1.29, 1.82) is 0 Å². The second kappa shape index (κ2) is 10.5. The summed E-state index contributed by atoms with van der Waals surface area (Å²) in [5, 5.41) is 6.47. The molecule has 0 aliphatic carbocycles. The van der Waals surface area contributed by atoms with Gasteiger partial charge in [0, 0.05) is 11.9 Å². The zero-order chi connectivity index (χ0) is 16.4. The standard InChI is InChI=1S/C15H26N4OS2/c1-4-6-7-12(5-2)9-16-15(21)19-18-14(20)8-13-10-22-11(3)17-13/h10,12H,4-9H2,1-3H3,(H,18,20)(H2,16,19,21)/t12-/m1/s1. The highest BCUT2D eigenvalue weighted by Crippen LogP contribution is 2.11. The molecule has 0 radical (unpaired) electrons. The van der Waals surface area contributed by atoms with E-state index in [0.717, 1.165) is 23.7 Å². The van der Waals surface area contributed by atoms with Gasteiger partial charge in [-0.25, -0.2) is 4.98 Å². The summed E-state index contributed by atoms with van der Waals surface area (Å²) in [5.41, 5.74) is 6.12. The van der Waals surface area contributed by atoms with Crippen LogP contribution in [0.15, 0.2) is 5.38 Å². The van der Waals surface area contributed by atoms with Crippen molar-refractivity contribution in [2.75, 3.05) is 6.54 Å². The average Bonchev–Trinajstić information content (AvgIpc) is 2.90. The fraction of sp³-hybridized carbons (Fsp3) is 0.667. The van der Waals surface area contributed by atoms with E-state index >= 15 is 0 Å². The third-order valence-electron chi connectivity index (χ3n) is 3.42. The first kappa shape index (κ1) is 18.8. The number of amides is 1. The van der Waals surface area contributed by atoms with E-state index in [0.29, 0.717) is 11.0 Å². The highest BCUT2D eigenvalue weighted by atomic mass is 32.1. The largest absolute Gasteiger partial charge is 0.361 e. The molecule has 1 rings (SSSR count). The van der Waals surface area contributed by atoms with Crippen LogP contribution < -0.4 is 16.2 Å². The van der Waals surface area contributed by atoms with E-state index in [4.69, 9.17) is 12.2 Å². The number of thiocarbonyl (C=S) groups is 1. The highest BCUT2D eigenvalue weighted by Gasteiger charge is 2.08. The number of rotatable bonds is 8. The molecule has 0 bridgehead atoms. The Morgan fingerprint density at radius 2 is 2.18 bits per heavy atom. The number of carbonyl (C=O) groups excluding carboxylic acids is 1. The number of hydrogen-bond acceptors (Lipinski definition) is 4. The molecule has 1 heterocycles. The SMILES string of the molecule is CCCC[C@@H](CC)CNC(=S)NNC(=O)Cc1csc(C)n1. The first-order chi connectivity index (χ1) is 10.5. The Morgan fingerprint density at radius 1 is 1.41 bits per heavy atom. The Balaban J connectivity index is 2.20. The second-order valence-electron chi connectivity index (χ2n) is 5.33. The first-order valence-electron chi connectivity index (χ1n) is 7.78. The van der Waals surface area contributed by atoms with Gasteiger partial charge in [-0.15, -0.1) is 11.3 Å². The van der Waals surface area contributed by atoms with Crippen LogP contribution in [0, 0.1) is 12.8 Å². The summed E-state index contributed by atoms with van der Waals surface area (Å²) in [5.74, 6) is 0.473. The maximum Gasteiger partial charge on any atom is 0.244 e. The Bertz CT molecular complexity index is 476. The molecule has 0 saturated heterocycles. The van der Waals surface area contributed by atoms with E-state index < -0.39 is 0 Å². The van der Waals surface area contributed by atoms with Crippen molar-refractivity contribution in [3.63, 3.8) is 0 Å². The highest BCUT2D eigenvalue weighted by molar-refractivity contribution is 7.80. The van der Waals surface area contributed by atoms with Crippen molar-refractivity contribution < 1.29 is 4.79 Å². The zero-order valence-electron chi connectivity index (χ0n) is 13.6. The number of nitrogens with one attached hydrogen (secondary N) is 3. The number of aromatic nitrogens is 1. The summed E-state index contributed by atoms with van der Waals surface area (Å²) < 4.78 is 0. The van der Waals surface area contributed by atoms with Crippen LogP contribution in [-0.2, 0) is 11.2 Å². The molecule has 124 valence electrons. The van der Waals surface area contributed by atoms with E-state index in [9.17, 15) is 4.79 Å². The van der Waals surface area contributed by atoms with Gasteiger partial charge in [0.15, 0.2) is 5.11 Å². The lowest BCUT2D eigenvalue weighted by Gasteiger charge is -2.17. The van der Waals surface area contributed by atoms with E-state index in [2.05, 4.69) is 35.0 Å². The molecular weight excluding hydrogens is 316 g/mol. The van der Waals surface area contributed by atoms with Gasteiger partial charge in [0.2, 0.25) is 5.91 Å². The van der Waals surface area contributed by atoms with E-state index in [1.807, 2.05) is 12.3 Å². The lowest BCUT2D eigenvalue weighted by atomic mass is 9.99. The van der Waals surface area contributed by atoms with Gasteiger partial charge in [0.1, 0.15) is 0 Å². The number of hydrazine groups is 1. The number of hydrogen-bond donors (Lipinski definition) is 3. The van der Waals surface area contributed by atoms with Gasteiger partial charge in [-0.3, -0.25) is 15.6 Å². The third-order valence-corrected chi connectivity index (χ3v) is 4.49. The summed E-state index contributed by atoms with van der Waals surface area (Å²) in [4.78, 5) is 16.0. The molecule has 0 aliphatic heterocycles. The molecule has 0 aromatic carbocycles. The third kappa shape index (κ3) is 7.70. The van der Waals surface area contributed by atoms with Crippen molar-refractivity contribution in [3.05, 3.63) is 16.1 Å². The molecule has 1 atom stereocenters. The number of nitrogens with zero attached hydrogens (tertiary/aromatic N) is 1. The first-order valence-corrected chi connectivity index (χ1v) is 9.07. The van der Waals surface area contributed by atoms with E-state index in [1.54, 1.807) is 11.3 Å². The van der Waals surface area contributed by atoms with Gasteiger partial charge in [-0.1, -0.05) is 33.1 Å². The quantitative estimate of drug-likeness (QED) is 0.501. The average molecular weight is 343 g/mol. The number of aryl methyl sites for hydroxylation is 1. The van der Waals surface area contributed by atoms with Crippen LogP contribution in [0.1, 0.15) is 50.2 Å². The molecule has 0 unspecified atom stereocenters. The Kier molecular flexibility index (Phi) is 9.00. The predicted octanol–water partition coefficient (Wildman–Crippen LogP) is 2.71. The van der Waals surface area contributed by atoms with Crippen LogP contribution >= 0.6 is 23.6 Å². The summed E-state index contributed by atoms with van der Waals surface area (Å²) in [6.07, 6.45) is 5.05. The summed E-state index contributed by atoms with van der Waals surface area (Å²) in [6, 6.07) is 0. The van der Waals surface area contributed by atoms with Crippen molar-refractivity contribution in [1.82, 2.24) is 21.2 Å². The van der Waals surface area contributed by atoms with Crippen LogP contribution in [0.3, 0.4) is 0 Å². The maximum atomic E-state index is 11.8. The van der Waals surface area contributed by atoms with Crippen LogP contribution in [-0.4, -0.2) is 22.5 Å². The minimum absolute atomic E-state index is 0.146. The number of carbonyl (C=O) groups is 1. The second-order valence-corrected chi connectivity index (χ2v) is 6.80. The molecule has 0 fully saturated rings. The van der Waals surface area contributed by atoms with Crippen LogP contribution in [0.5, 0.6) is 0 Å². The minimum atomic E-state index is -0.146. The molecule has 5 nitrogen and oxygen atoms in total. The molecule has 7 heteroatoms. The normalized spacial score (nSPS) is 11.8. The smallest absolute Gasteiger partial charge is 0.244 e. The molecule has 3 N–H and O–H groups in total. The fourth-order valence-corrected chi connectivity index (χ4v) is 2.80. The summed E-state index contributed by atoms with van der Waals surface area (Å²) in [6.45, 7) is 7.15. The van der Waals surface area contributed by atoms with Crippen molar-refractivity contribution in [2.24, 2.45) is 5.92 Å². The molecule has 0 saturated carbocycles. The Morgan fingerprint density at radius 3 is 2.77 bits per heavy atom. The van der Waals surface area contributed by atoms with Crippen molar-refractivity contribution in [3.8, 4) is 0 Å². The van der Waals surface area contributed by atoms with Crippen LogP contribution in [0.4, 0.5) is 0 Å². The Labute approximate surface area is 142 Å². The molecular formula is C15H26N4OS2. The summed E-state index contributed by atoms with van der Waals surface area (Å²) in [7, 11) is 0. The van der Waals surface area contributed by atoms with Gasteiger partial charge in [0.25, 0.3) is 0 Å². The molecule has 1 aromatic rings. The van der Waals surface area contributed by atoms with E-state index in [-0.39, 0.29) is 12.3 Å². The molecule has 0 aliphatic rings. The monoisotopic (exact) mass is 342 g/mol. The van der Waals surface area contributed by atoms with Crippen LogP contribution in [0.25, 0.3) is 0 Å². The van der Waals surface area contributed by atoms with Gasteiger partial charge in [0.05, 0.1) is 17.1 Å². The van der Waals surface area contributed by atoms with Gasteiger partial charge < -0.3 is 5.32 Å². The topological polar surface area (TPSA) is 66.0 Å². The maximum absolute atomic E-state index is 11.8. The number of thiazole rings is 1. The zero-order valence-corrected chi connectivity index (χ0v) is 15.2. The van der Waals surface area contributed by atoms with Gasteiger partial charge in [-0.2, -0.15) is 0 Å². The van der Waals surface area contributed by atoms with Crippen molar-refractivity contribution in [2.45, 2.75) is 52.9 Å². The molecule has 1 aromatic heterocycles. The molecule has 22 heavy (non-hydrogen) atoms. The van der Waals surface area contributed by atoms with Crippen molar-refractivity contribution >= 4 is 34.6 Å². The lowest BCUT2D eigenvalue weighted by molar-refractivity contribution is -0.121. The molecule has 0 spiro atoms.